The number of aliphatic hydroxyl groups excluding tert-OH is 5. The van der Waals surface area contributed by atoms with E-state index in [1.165, 1.54) is 115 Å². The summed E-state index contributed by atoms with van der Waals surface area (Å²) in [6.07, 6.45) is 5.80. The van der Waals surface area contributed by atoms with E-state index >= 15 is 0 Å². The van der Waals surface area contributed by atoms with Crippen molar-refractivity contribution in [2.24, 2.45) is 0 Å². The van der Waals surface area contributed by atoms with Gasteiger partial charge in [-0.15, -0.1) is 0 Å². The number of ether oxygens (including phenoxy) is 13. The smallest absolute Gasteiger partial charge is 0.338 e. The number of esters is 7. The highest BCUT2D eigenvalue weighted by Crippen LogP contribution is 2.18. The van der Waals surface area contributed by atoms with Gasteiger partial charge in [0, 0.05) is 165 Å². The van der Waals surface area contributed by atoms with Crippen LogP contribution in [0.2, 0.25) is 30.7 Å². The summed E-state index contributed by atoms with van der Waals surface area (Å²) in [4.78, 5) is 80.1. The Labute approximate surface area is 884 Å². The lowest BCUT2D eigenvalue weighted by molar-refractivity contribution is 0.00570. The van der Waals surface area contributed by atoms with Gasteiger partial charge >= 0.3 is 41.8 Å². The summed E-state index contributed by atoms with van der Waals surface area (Å²) in [7, 11) is 24.4. The molecule has 0 atom stereocenters. The van der Waals surface area contributed by atoms with Gasteiger partial charge in [-0.3, -0.25) is 0 Å². The fraction of sp³-hybridized carbons (Fsp3) is 0.555. The van der Waals surface area contributed by atoms with Gasteiger partial charge in [-0.1, -0.05) is 178 Å². The van der Waals surface area contributed by atoms with Gasteiger partial charge in [0.1, 0.15) is 39.2 Å². The van der Waals surface area contributed by atoms with Crippen LogP contribution in [0, 0.1) is 0 Å². The quantitative estimate of drug-likeness (QED) is 0.0260. The second kappa shape index (κ2) is 107. The molecule has 5 N–H and O–H groups in total. The molecule has 25 nitrogen and oxygen atoms in total. The molecular formula is C110H206O25Si7. The molecule has 0 spiro atoms. The number of carbonyl (C=O) groups is 7. The molecule has 0 aliphatic heterocycles. The molecule has 7 aromatic rings. The first-order chi connectivity index (χ1) is 66.0. The topological polar surface area (TPSA) is 341 Å². The molecule has 0 bridgehead atoms. The highest BCUT2D eigenvalue weighted by molar-refractivity contribution is 6.09. The minimum absolute atomic E-state index is 0.0417. The minimum atomic E-state index is -0.424. The maximum absolute atomic E-state index is 11.4. The lowest BCUT2D eigenvalue weighted by Crippen LogP contribution is -2.23. The third-order valence-electron chi connectivity index (χ3n) is 13.6. The SMILES string of the molecule is CC(C)(C)OC(=O)c1ccccc1.CC(C)(C)OC(=O)c1ccccc1.CC(C)(C)OC(=O)c1ccccc1.CC(C)(C)OC(=O)c1ccccc1.CC(C)(C)OC(=O)c1ccccc1.CC(C)(C)OC(=O)c1ccccc1.CC(C)(C)OC(=O)c1ccccc1.CCC[SiH3].CC[SiH3].CO.CO.CO.CO.CO.COC(C)(C)C.COC(C)(C)C.COCCC[SiH3].COCCC[SiH3].COC[SiH3].COC[SiH3].C[SiH3]. The molecule has 7 aromatic carbocycles. The third kappa shape index (κ3) is 143. The van der Waals surface area contributed by atoms with Crippen LogP contribution in [0.15, 0.2) is 212 Å². The van der Waals surface area contributed by atoms with Crippen LogP contribution in [0.3, 0.4) is 0 Å². The van der Waals surface area contributed by atoms with Gasteiger partial charge in [0.2, 0.25) is 0 Å². The molecule has 0 saturated carbocycles. The molecule has 0 fully saturated rings. The van der Waals surface area contributed by atoms with Crippen molar-refractivity contribution < 1.29 is 121 Å². The monoisotopic (exact) mass is 2120 g/mol. The summed E-state index contributed by atoms with van der Waals surface area (Å²) < 4.78 is 65.0. The first-order valence-electron chi connectivity index (χ1n) is 48.3. The zero-order valence-corrected chi connectivity index (χ0v) is 112. The van der Waals surface area contributed by atoms with E-state index in [9.17, 15) is 33.6 Å². The molecular weight excluding hydrogens is 1920 g/mol. The first kappa shape index (κ1) is 165. The average Bonchev–Trinajstić information content (AvgIpc) is 0.922. The van der Waals surface area contributed by atoms with Crippen LogP contribution < -0.4 is 0 Å². The molecule has 142 heavy (non-hydrogen) atoms. The molecule has 0 unspecified atom stereocenters. The number of carbonyl (C=O) groups excluding carboxylic acids is 7. The normalized spacial score (nSPS) is 9.99. The summed E-state index contributed by atoms with van der Waals surface area (Å²) >= 11 is 0. The fourth-order valence-corrected chi connectivity index (χ4v) is 7.53. The van der Waals surface area contributed by atoms with E-state index in [1.807, 2.05) is 314 Å². The minimum Gasteiger partial charge on any atom is -0.456 e. The highest BCUT2D eigenvalue weighted by Gasteiger charge is 2.23. The molecule has 0 aliphatic carbocycles. The second-order valence-electron chi connectivity index (χ2n) is 37.3. The van der Waals surface area contributed by atoms with Gasteiger partial charge < -0.3 is 87.1 Å². The van der Waals surface area contributed by atoms with Gasteiger partial charge in [-0.2, -0.15) is 0 Å². The molecule has 0 heterocycles. The van der Waals surface area contributed by atoms with Crippen molar-refractivity contribution in [3.63, 3.8) is 0 Å². The molecule has 0 aliphatic rings. The fourth-order valence-electron chi connectivity index (χ4n) is 6.96. The van der Waals surface area contributed by atoms with Gasteiger partial charge in [-0.05, 0) is 295 Å². The van der Waals surface area contributed by atoms with Crippen LogP contribution >= 0.6 is 0 Å². The van der Waals surface area contributed by atoms with E-state index in [0.717, 1.165) is 61.2 Å². The summed E-state index contributed by atoms with van der Waals surface area (Å²) in [6.45, 7) is 59.5. The van der Waals surface area contributed by atoms with Gasteiger partial charge in [0.05, 0.1) is 50.1 Å². The average molecular weight is 2130 g/mol. The molecule has 824 valence electrons. The third-order valence-corrected chi connectivity index (χ3v) is 17.1. The Morgan fingerprint density at radius 3 is 0.366 bits per heavy atom. The standard InChI is InChI=1S/7C11H14O2.2C5H12O.2C4H12OSi.C3H10Si.2C2H8OSi.C2H8Si.5CH4O.CH6Si/c7*1-11(2,3)13-10(12)9-7-5-4-6-8-9;2*1-5(2,3)6-4;2*1-5-3-2-4-6;1-2-3-4;2*1-3-2-4;1-2-3;6*1-2/h7*4-8H,1-3H3;2*1-4H3;2*2-4H2,1,6H3;2-3H2,1,4H3;2*2H2,1,4H3;2H2,1,3H3;5*2H,1H3;1-2H3. The van der Waals surface area contributed by atoms with E-state index in [0.29, 0.717) is 38.9 Å². The van der Waals surface area contributed by atoms with Crippen molar-refractivity contribution in [2.75, 3.05) is 104 Å². The second-order valence-corrected chi connectivity index (χ2v) is 42.8. The Balaban J connectivity index is -0.000000104. The number of methoxy groups -OCH3 is 6. The van der Waals surface area contributed by atoms with Crippen LogP contribution in [0.4, 0.5) is 0 Å². The number of hydrogen-bond donors (Lipinski definition) is 5. The van der Waals surface area contributed by atoms with Crippen molar-refractivity contribution in [2.45, 2.75) is 301 Å². The Hall–Kier alpha value is -8.09. The van der Waals surface area contributed by atoms with Crippen LogP contribution in [-0.2, 0) is 61.6 Å². The maximum atomic E-state index is 11.4. The molecule has 0 saturated heterocycles. The van der Waals surface area contributed by atoms with E-state index in [2.05, 4.69) is 29.9 Å². The van der Waals surface area contributed by atoms with Crippen molar-refractivity contribution in [3.05, 3.63) is 251 Å². The molecule has 0 aromatic heterocycles. The highest BCUT2D eigenvalue weighted by atomic mass is 28.2. The zero-order valence-electron chi connectivity index (χ0n) is 97.9. The summed E-state index contributed by atoms with van der Waals surface area (Å²) in [5.74, 6) is -1.89. The summed E-state index contributed by atoms with van der Waals surface area (Å²) in [5, 5.41) is 35.0. The number of aliphatic hydroxyl groups is 5. The van der Waals surface area contributed by atoms with Crippen molar-refractivity contribution in [1.29, 1.82) is 0 Å². The van der Waals surface area contributed by atoms with Gasteiger partial charge in [-0.25, -0.2) is 33.6 Å². The van der Waals surface area contributed by atoms with Gasteiger partial charge in [0.15, 0.2) is 0 Å². The van der Waals surface area contributed by atoms with Gasteiger partial charge in [0.25, 0.3) is 0 Å². The van der Waals surface area contributed by atoms with Crippen LogP contribution in [0.5, 0.6) is 0 Å². The van der Waals surface area contributed by atoms with Crippen LogP contribution in [0.1, 0.15) is 293 Å². The summed E-state index contributed by atoms with van der Waals surface area (Å²) in [6, 6.07) is 68.5. The Kier molecular flexibility index (Phi) is 124. The predicted octanol–water partition coefficient (Wildman–Crippen LogP) is 16.3. The molecule has 32 heteroatoms. The van der Waals surface area contributed by atoms with Crippen LogP contribution in [0.25, 0.3) is 0 Å². The first-order valence-corrected chi connectivity index (χ1v) is 58.8. The van der Waals surface area contributed by atoms with Crippen LogP contribution in [-0.4, -0.2) is 293 Å². The Bertz CT molecular complexity index is 3160. The van der Waals surface area contributed by atoms with Crippen molar-refractivity contribution in [3.8, 4) is 0 Å². The maximum Gasteiger partial charge on any atom is 0.338 e. The zero-order chi connectivity index (χ0) is 114. The Morgan fingerprint density at radius 1 is 0.218 bits per heavy atom. The number of rotatable bonds is 16. The van der Waals surface area contributed by atoms with E-state index in [1.54, 1.807) is 128 Å². The van der Waals surface area contributed by atoms with E-state index in [-0.39, 0.29) is 53.0 Å². The Morgan fingerprint density at radius 2 is 0.317 bits per heavy atom. The van der Waals surface area contributed by atoms with E-state index in [4.69, 9.17) is 77.6 Å². The number of hydrogen-bond acceptors (Lipinski definition) is 25. The molecule has 7 rings (SSSR count). The largest absolute Gasteiger partial charge is 0.456 e. The van der Waals surface area contributed by atoms with Crippen molar-refractivity contribution in [1.82, 2.24) is 0 Å². The van der Waals surface area contributed by atoms with E-state index < -0.39 is 39.2 Å². The van der Waals surface area contributed by atoms with Crippen molar-refractivity contribution >= 4 is 113 Å². The molecule has 0 amide bonds. The predicted molar refractivity (Wildman–Crippen MR) is 623 cm³/mol. The number of benzene rings is 7. The molecule has 0 radical (unpaired) electrons. The lowest BCUT2D eigenvalue weighted by Gasteiger charge is -2.19. The summed E-state index contributed by atoms with van der Waals surface area (Å²) in [5.41, 5.74) is 1.28. The lowest BCUT2D eigenvalue weighted by atomic mass is 10.2.